The van der Waals surface area contributed by atoms with Gasteiger partial charge >= 0.3 is 0 Å². The number of benzene rings is 1. The summed E-state index contributed by atoms with van der Waals surface area (Å²) in [6, 6.07) is 7.58. The molecule has 0 radical (unpaired) electrons. The van der Waals surface area contributed by atoms with E-state index in [1.165, 1.54) is 0 Å². The molecule has 156 valence electrons. The number of nitrogens with zero attached hydrogens (tertiary/aromatic N) is 4. The predicted octanol–water partition coefficient (Wildman–Crippen LogP) is 2.84. The number of fused-ring (bicyclic) bond motifs is 1. The zero-order valence-corrected chi connectivity index (χ0v) is 17.3. The first-order valence-electron chi connectivity index (χ1n) is 10.1. The van der Waals surface area contributed by atoms with Crippen molar-refractivity contribution >= 4 is 17.5 Å². The van der Waals surface area contributed by atoms with Gasteiger partial charge < -0.3 is 19.9 Å². The second-order valence-electron chi connectivity index (χ2n) is 7.67. The maximum absolute atomic E-state index is 13.0. The highest BCUT2D eigenvalue weighted by atomic mass is 16.5. The van der Waals surface area contributed by atoms with Gasteiger partial charge in [0.2, 0.25) is 11.9 Å². The number of anilines is 2. The van der Waals surface area contributed by atoms with Gasteiger partial charge in [0.15, 0.2) is 0 Å². The van der Waals surface area contributed by atoms with Crippen LogP contribution < -0.4 is 15.4 Å². The fraction of sp³-hybridized carbons (Fsp3) is 0.364. The van der Waals surface area contributed by atoms with Crippen LogP contribution in [0.25, 0.3) is 0 Å². The number of carbonyl (C=O) groups excluding carboxylic acids is 1. The van der Waals surface area contributed by atoms with E-state index in [1.54, 1.807) is 19.6 Å². The van der Waals surface area contributed by atoms with Gasteiger partial charge in [-0.2, -0.15) is 0 Å². The number of hydrogen-bond donors (Lipinski definition) is 2. The molecule has 8 heteroatoms. The molecule has 4 rings (SSSR count). The Morgan fingerprint density at radius 2 is 2.27 bits per heavy atom. The predicted molar refractivity (Wildman–Crippen MR) is 114 cm³/mol. The zero-order valence-electron chi connectivity index (χ0n) is 17.3. The lowest BCUT2D eigenvalue weighted by atomic mass is 9.86. The topological polar surface area (TPSA) is 94.0 Å². The standard InChI is InChI=1S/C22H26N6O2/c1-22(20(29)24-9-4-11-28-12-10-23-15-28)8-7-16-14-25-21(27-19(16)22)26-17-5-3-6-18(13-17)30-2/h3,5-6,10,12-15H,4,7-9,11H2,1-2H3,(H,24,29)(H,25,26,27). The van der Waals surface area contributed by atoms with Crippen molar-refractivity contribution in [2.75, 3.05) is 19.0 Å². The Balaban J connectivity index is 1.43. The molecule has 8 nitrogen and oxygen atoms in total. The fourth-order valence-electron chi connectivity index (χ4n) is 3.76. The van der Waals surface area contributed by atoms with Gasteiger partial charge in [0.25, 0.3) is 0 Å². The smallest absolute Gasteiger partial charge is 0.232 e. The van der Waals surface area contributed by atoms with Crippen molar-refractivity contribution in [2.45, 2.75) is 38.1 Å². The maximum Gasteiger partial charge on any atom is 0.232 e. The first kappa shape index (κ1) is 19.9. The number of aryl methyl sites for hydroxylation is 2. The lowest BCUT2D eigenvalue weighted by Gasteiger charge is -2.23. The average molecular weight is 406 g/mol. The molecule has 1 unspecified atom stereocenters. The molecule has 2 heterocycles. The number of hydrogen-bond acceptors (Lipinski definition) is 6. The van der Waals surface area contributed by atoms with Crippen molar-refractivity contribution in [1.29, 1.82) is 0 Å². The molecule has 0 bridgehead atoms. The van der Waals surface area contributed by atoms with Crippen LogP contribution in [0.5, 0.6) is 5.75 Å². The summed E-state index contributed by atoms with van der Waals surface area (Å²) >= 11 is 0. The van der Waals surface area contributed by atoms with Gasteiger partial charge in [-0.25, -0.2) is 15.0 Å². The van der Waals surface area contributed by atoms with Gasteiger partial charge in [-0.05, 0) is 43.9 Å². The first-order chi connectivity index (χ1) is 14.6. The van der Waals surface area contributed by atoms with Gasteiger partial charge in [0, 0.05) is 43.4 Å². The van der Waals surface area contributed by atoms with E-state index in [-0.39, 0.29) is 5.91 Å². The molecule has 1 aliphatic carbocycles. The molecule has 2 N–H and O–H groups in total. The zero-order chi connectivity index (χ0) is 21.0. The van der Waals surface area contributed by atoms with Crippen molar-refractivity contribution in [2.24, 2.45) is 0 Å². The fourth-order valence-corrected chi connectivity index (χ4v) is 3.76. The SMILES string of the molecule is COc1cccc(Nc2ncc3c(n2)C(C)(C(=O)NCCCn2ccnc2)CC3)c1. The monoisotopic (exact) mass is 406 g/mol. The molecule has 0 saturated heterocycles. The van der Waals surface area contributed by atoms with E-state index < -0.39 is 5.41 Å². The Kier molecular flexibility index (Phi) is 5.65. The highest BCUT2D eigenvalue weighted by Gasteiger charge is 2.42. The van der Waals surface area contributed by atoms with Crippen LogP contribution in [-0.4, -0.2) is 39.1 Å². The van der Waals surface area contributed by atoms with Crippen LogP contribution in [0.3, 0.4) is 0 Å². The van der Waals surface area contributed by atoms with Crippen molar-refractivity contribution in [3.05, 3.63) is 60.4 Å². The Hall–Kier alpha value is -3.42. The second-order valence-corrected chi connectivity index (χ2v) is 7.67. The molecule has 3 aromatic rings. The van der Waals surface area contributed by atoms with E-state index in [1.807, 2.05) is 48.1 Å². The lowest BCUT2D eigenvalue weighted by Crippen LogP contribution is -2.42. The Bertz CT molecular complexity index is 1020. The number of amides is 1. The number of ether oxygens (including phenoxy) is 1. The van der Waals surface area contributed by atoms with E-state index >= 15 is 0 Å². The molecule has 0 spiro atoms. The highest BCUT2D eigenvalue weighted by molar-refractivity contribution is 5.88. The van der Waals surface area contributed by atoms with E-state index in [0.717, 1.165) is 48.5 Å². The number of imidazole rings is 1. The summed E-state index contributed by atoms with van der Waals surface area (Å²) < 4.78 is 7.27. The van der Waals surface area contributed by atoms with Crippen molar-refractivity contribution < 1.29 is 9.53 Å². The largest absolute Gasteiger partial charge is 0.497 e. The van der Waals surface area contributed by atoms with Gasteiger partial charge in [-0.1, -0.05) is 6.07 Å². The van der Waals surface area contributed by atoms with Crippen LogP contribution in [0, 0.1) is 0 Å². The molecule has 0 fully saturated rings. The summed E-state index contributed by atoms with van der Waals surface area (Å²) in [5.41, 5.74) is 2.01. The minimum atomic E-state index is -0.655. The van der Waals surface area contributed by atoms with E-state index in [9.17, 15) is 4.79 Å². The van der Waals surface area contributed by atoms with Crippen molar-refractivity contribution in [1.82, 2.24) is 24.8 Å². The molecule has 1 aromatic carbocycles. The quantitative estimate of drug-likeness (QED) is 0.559. The number of methoxy groups -OCH3 is 1. The Labute approximate surface area is 175 Å². The summed E-state index contributed by atoms with van der Waals surface area (Å²) in [5.74, 6) is 1.24. The minimum Gasteiger partial charge on any atom is -0.497 e. The number of nitrogens with one attached hydrogen (secondary N) is 2. The summed E-state index contributed by atoms with van der Waals surface area (Å²) in [5, 5.41) is 6.29. The molecule has 30 heavy (non-hydrogen) atoms. The third-order valence-electron chi connectivity index (χ3n) is 5.55. The van der Waals surface area contributed by atoms with Crippen LogP contribution in [0.4, 0.5) is 11.6 Å². The second kappa shape index (κ2) is 8.52. The first-order valence-corrected chi connectivity index (χ1v) is 10.1. The van der Waals surface area contributed by atoms with Crippen molar-refractivity contribution in [3.63, 3.8) is 0 Å². The number of rotatable bonds is 8. The minimum absolute atomic E-state index is 0.0120. The van der Waals surface area contributed by atoms with E-state index in [2.05, 4.69) is 20.6 Å². The number of carbonyl (C=O) groups is 1. The molecular weight excluding hydrogens is 380 g/mol. The van der Waals surface area contributed by atoms with Crippen LogP contribution in [0.15, 0.2) is 49.2 Å². The normalized spacial score (nSPS) is 17.4. The molecule has 2 aromatic heterocycles. The molecule has 1 atom stereocenters. The summed E-state index contributed by atoms with van der Waals surface area (Å²) in [6.45, 7) is 3.40. The molecule has 0 saturated carbocycles. The van der Waals surface area contributed by atoms with Crippen LogP contribution in [0.2, 0.25) is 0 Å². The summed E-state index contributed by atoms with van der Waals surface area (Å²) in [6.07, 6.45) is 9.65. The summed E-state index contributed by atoms with van der Waals surface area (Å²) in [7, 11) is 1.63. The van der Waals surface area contributed by atoms with Gasteiger partial charge in [0.1, 0.15) is 5.75 Å². The number of aromatic nitrogens is 4. The third kappa shape index (κ3) is 4.12. The summed E-state index contributed by atoms with van der Waals surface area (Å²) in [4.78, 5) is 26.2. The average Bonchev–Trinajstić information content (AvgIpc) is 3.40. The Morgan fingerprint density at radius 1 is 1.37 bits per heavy atom. The maximum atomic E-state index is 13.0. The third-order valence-corrected chi connectivity index (χ3v) is 5.55. The molecular formula is C22H26N6O2. The van der Waals surface area contributed by atoms with E-state index in [4.69, 9.17) is 9.72 Å². The molecule has 1 amide bonds. The lowest BCUT2D eigenvalue weighted by molar-refractivity contribution is -0.126. The van der Waals surface area contributed by atoms with Gasteiger partial charge in [-0.15, -0.1) is 0 Å². The van der Waals surface area contributed by atoms with Crippen LogP contribution in [-0.2, 0) is 23.2 Å². The highest BCUT2D eigenvalue weighted by Crippen LogP contribution is 2.38. The Morgan fingerprint density at radius 3 is 3.07 bits per heavy atom. The van der Waals surface area contributed by atoms with Gasteiger partial charge in [-0.3, -0.25) is 4.79 Å². The van der Waals surface area contributed by atoms with Crippen LogP contribution in [0.1, 0.15) is 31.0 Å². The molecule has 0 aliphatic heterocycles. The van der Waals surface area contributed by atoms with Gasteiger partial charge in [0.05, 0.1) is 24.5 Å². The van der Waals surface area contributed by atoms with E-state index in [0.29, 0.717) is 12.5 Å². The van der Waals surface area contributed by atoms with Crippen LogP contribution >= 0.6 is 0 Å². The van der Waals surface area contributed by atoms with Crippen molar-refractivity contribution in [3.8, 4) is 5.75 Å². The molecule has 1 aliphatic rings.